The van der Waals surface area contributed by atoms with Gasteiger partial charge in [0.05, 0.1) is 18.7 Å². The van der Waals surface area contributed by atoms with Crippen molar-refractivity contribution in [1.29, 1.82) is 0 Å². The van der Waals surface area contributed by atoms with E-state index in [0.29, 0.717) is 11.4 Å². The number of rotatable bonds is 4. The van der Waals surface area contributed by atoms with Crippen LogP contribution in [0.2, 0.25) is 0 Å². The number of fused-ring (bicyclic) bond motifs is 1. The topological polar surface area (TPSA) is 46.9 Å². The maximum atomic E-state index is 13.8. The number of aromatic nitrogens is 2. The summed E-state index contributed by atoms with van der Waals surface area (Å²) in [5.74, 6) is 0.0891. The fraction of sp³-hybridized carbons (Fsp3) is 0.273. The lowest BCUT2D eigenvalue weighted by Crippen LogP contribution is -2.23. The van der Waals surface area contributed by atoms with Gasteiger partial charge in [0.2, 0.25) is 5.91 Å². The molecule has 0 saturated carbocycles. The molecule has 1 atom stereocenters. The number of anilines is 1. The summed E-state index contributed by atoms with van der Waals surface area (Å²) in [6.07, 6.45) is 4.91. The van der Waals surface area contributed by atoms with Gasteiger partial charge in [0, 0.05) is 5.56 Å². The van der Waals surface area contributed by atoms with E-state index >= 15 is 0 Å². The molecule has 1 heterocycles. The number of hydrogen-bond acceptors (Lipinski definition) is 2. The van der Waals surface area contributed by atoms with Gasteiger partial charge in [-0.25, -0.2) is 9.07 Å². The van der Waals surface area contributed by atoms with Crippen LogP contribution >= 0.6 is 0 Å². The van der Waals surface area contributed by atoms with Crippen molar-refractivity contribution in [3.8, 4) is 0 Å². The Bertz CT molecular complexity index is 979. The Kier molecular flexibility index (Phi) is 4.75. The summed E-state index contributed by atoms with van der Waals surface area (Å²) in [7, 11) is 0. The van der Waals surface area contributed by atoms with Gasteiger partial charge >= 0.3 is 0 Å². The molecule has 1 aromatic heterocycles. The van der Waals surface area contributed by atoms with Crippen LogP contribution < -0.4 is 5.32 Å². The summed E-state index contributed by atoms with van der Waals surface area (Å²) in [5, 5.41) is 7.50. The zero-order valence-electron chi connectivity index (χ0n) is 15.3. The molecule has 3 aromatic rings. The molecular formula is C22H22FN3O. The Morgan fingerprint density at radius 3 is 2.85 bits per heavy atom. The highest BCUT2D eigenvalue weighted by molar-refractivity contribution is 5.92. The molecule has 0 aliphatic heterocycles. The van der Waals surface area contributed by atoms with E-state index in [9.17, 15) is 9.18 Å². The molecule has 138 valence electrons. The molecule has 1 N–H and O–H groups in total. The van der Waals surface area contributed by atoms with Crippen molar-refractivity contribution in [2.75, 3.05) is 5.32 Å². The van der Waals surface area contributed by atoms with Gasteiger partial charge in [-0.3, -0.25) is 4.79 Å². The molecule has 1 aliphatic rings. The first kappa shape index (κ1) is 17.5. The van der Waals surface area contributed by atoms with Crippen molar-refractivity contribution in [3.63, 3.8) is 0 Å². The van der Waals surface area contributed by atoms with Crippen LogP contribution in [0.15, 0.2) is 54.7 Å². The minimum atomic E-state index is -0.362. The average molecular weight is 363 g/mol. The van der Waals surface area contributed by atoms with Gasteiger partial charge in [0.15, 0.2) is 0 Å². The van der Waals surface area contributed by atoms with Crippen LogP contribution in [-0.4, -0.2) is 15.7 Å². The Morgan fingerprint density at radius 2 is 2.00 bits per heavy atom. The molecule has 0 bridgehead atoms. The van der Waals surface area contributed by atoms with Crippen LogP contribution in [0, 0.1) is 12.7 Å². The zero-order valence-corrected chi connectivity index (χ0v) is 15.3. The minimum Gasteiger partial charge on any atom is -0.310 e. The third-order valence-electron chi connectivity index (χ3n) is 5.18. The van der Waals surface area contributed by atoms with Crippen molar-refractivity contribution >= 4 is 11.7 Å². The molecule has 0 fully saturated rings. The molecule has 1 unspecified atom stereocenters. The van der Waals surface area contributed by atoms with E-state index in [0.717, 1.165) is 24.8 Å². The Balaban J connectivity index is 1.60. The number of nitrogens with one attached hydrogen (secondary N) is 1. The first-order chi connectivity index (χ1) is 13.1. The van der Waals surface area contributed by atoms with E-state index in [1.54, 1.807) is 24.4 Å². The highest BCUT2D eigenvalue weighted by Crippen LogP contribution is 2.35. The number of carbonyl (C=O) groups is 1. The molecule has 0 saturated heterocycles. The van der Waals surface area contributed by atoms with Crippen LogP contribution in [0.25, 0.3) is 0 Å². The molecule has 4 nitrogen and oxygen atoms in total. The number of nitrogens with zero attached hydrogens (tertiary/aromatic N) is 2. The van der Waals surface area contributed by atoms with E-state index in [1.807, 2.05) is 17.7 Å². The van der Waals surface area contributed by atoms with Crippen LogP contribution in [0.5, 0.6) is 0 Å². The largest absolute Gasteiger partial charge is 0.310 e. The van der Waals surface area contributed by atoms with Crippen LogP contribution in [0.4, 0.5) is 10.2 Å². The molecule has 27 heavy (non-hydrogen) atoms. The lowest BCUT2D eigenvalue weighted by Gasteiger charge is -2.27. The minimum absolute atomic E-state index is 0.00144. The van der Waals surface area contributed by atoms with Gasteiger partial charge in [-0.2, -0.15) is 5.10 Å². The van der Waals surface area contributed by atoms with E-state index < -0.39 is 0 Å². The Hall–Kier alpha value is -2.95. The van der Waals surface area contributed by atoms with Gasteiger partial charge < -0.3 is 5.32 Å². The first-order valence-corrected chi connectivity index (χ1v) is 9.28. The molecule has 5 heteroatoms. The fourth-order valence-corrected chi connectivity index (χ4v) is 3.81. The number of hydrogen-bond donors (Lipinski definition) is 1. The summed E-state index contributed by atoms with van der Waals surface area (Å²) in [6.45, 7) is 1.93. The number of halogens is 1. The van der Waals surface area contributed by atoms with Gasteiger partial charge in [0.25, 0.3) is 0 Å². The Morgan fingerprint density at radius 1 is 1.22 bits per heavy atom. The molecular weight excluding hydrogens is 341 g/mol. The van der Waals surface area contributed by atoms with Crippen molar-refractivity contribution in [3.05, 3.63) is 82.8 Å². The number of carbonyl (C=O) groups excluding carboxylic acids is 1. The number of benzene rings is 2. The number of amides is 1. The highest BCUT2D eigenvalue weighted by Gasteiger charge is 2.25. The third-order valence-corrected chi connectivity index (χ3v) is 5.18. The number of aryl methyl sites for hydroxylation is 2. The summed E-state index contributed by atoms with van der Waals surface area (Å²) in [6, 6.07) is 14.9. The van der Waals surface area contributed by atoms with Gasteiger partial charge in [-0.1, -0.05) is 42.5 Å². The van der Waals surface area contributed by atoms with E-state index in [1.165, 1.54) is 17.2 Å². The standard InChI is InChI=1S/C22H22FN3O/c1-15-14-24-26(20-12-6-9-16-7-2-4-10-18(16)20)22(15)25-21(27)13-17-8-3-5-11-19(17)23/h2-5,7-8,10-11,14,20H,6,9,12-13H2,1H3,(H,25,27). The smallest absolute Gasteiger partial charge is 0.230 e. The predicted molar refractivity (Wildman–Crippen MR) is 103 cm³/mol. The summed E-state index contributed by atoms with van der Waals surface area (Å²) >= 11 is 0. The summed E-state index contributed by atoms with van der Waals surface area (Å²) < 4.78 is 15.8. The SMILES string of the molecule is Cc1cnn(C2CCCc3ccccc32)c1NC(=O)Cc1ccccc1F. The van der Waals surface area contributed by atoms with Crippen molar-refractivity contribution in [2.24, 2.45) is 0 Å². The fourth-order valence-electron chi connectivity index (χ4n) is 3.81. The second kappa shape index (κ2) is 7.35. The highest BCUT2D eigenvalue weighted by atomic mass is 19.1. The molecule has 1 amide bonds. The normalized spacial score (nSPS) is 16.0. The Labute approximate surface area is 158 Å². The van der Waals surface area contributed by atoms with Gasteiger partial charge in [0.1, 0.15) is 11.6 Å². The second-order valence-electron chi connectivity index (χ2n) is 7.04. The average Bonchev–Trinajstić information content (AvgIpc) is 3.03. The quantitative estimate of drug-likeness (QED) is 0.745. The summed E-state index contributed by atoms with van der Waals surface area (Å²) in [4.78, 5) is 12.5. The van der Waals surface area contributed by atoms with Crippen LogP contribution in [0.3, 0.4) is 0 Å². The van der Waals surface area contributed by atoms with Crippen LogP contribution in [0.1, 0.15) is 41.1 Å². The first-order valence-electron chi connectivity index (χ1n) is 9.28. The van der Waals surface area contributed by atoms with Crippen molar-refractivity contribution in [1.82, 2.24) is 9.78 Å². The zero-order chi connectivity index (χ0) is 18.8. The molecule has 0 radical (unpaired) electrons. The monoisotopic (exact) mass is 363 g/mol. The van der Waals surface area contributed by atoms with E-state index in [-0.39, 0.29) is 24.2 Å². The molecule has 1 aliphatic carbocycles. The lowest BCUT2D eigenvalue weighted by molar-refractivity contribution is -0.115. The van der Waals surface area contributed by atoms with E-state index in [4.69, 9.17) is 0 Å². The van der Waals surface area contributed by atoms with Crippen molar-refractivity contribution in [2.45, 2.75) is 38.6 Å². The molecule has 4 rings (SSSR count). The third kappa shape index (κ3) is 3.50. The predicted octanol–water partition coefficient (Wildman–Crippen LogP) is 4.44. The van der Waals surface area contributed by atoms with E-state index in [2.05, 4.69) is 28.6 Å². The van der Waals surface area contributed by atoms with Crippen LogP contribution in [-0.2, 0) is 17.6 Å². The lowest BCUT2D eigenvalue weighted by atomic mass is 9.88. The molecule has 2 aromatic carbocycles. The maximum absolute atomic E-state index is 13.8. The second-order valence-corrected chi connectivity index (χ2v) is 7.04. The van der Waals surface area contributed by atoms with Crippen molar-refractivity contribution < 1.29 is 9.18 Å². The molecule has 0 spiro atoms. The van der Waals surface area contributed by atoms with Gasteiger partial charge in [-0.05, 0) is 48.9 Å². The van der Waals surface area contributed by atoms with Gasteiger partial charge in [-0.15, -0.1) is 0 Å². The summed E-state index contributed by atoms with van der Waals surface area (Å²) in [5.41, 5.74) is 3.89. The maximum Gasteiger partial charge on any atom is 0.230 e.